The van der Waals surface area contributed by atoms with Crippen molar-refractivity contribution in [3.05, 3.63) is 18.2 Å². The first kappa shape index (κ1) is 13.0. The molecule has 1 heterocycles. The summed E-state index contributed by atoms with van der Waals surface area (Å²) in [5.41, 5.74) is -0.284. The van der Waals surface area contributed by atoms with Gasteiger partial charge in [0.1, 0.15) is 13.1 Å². The van der Waals surface area contributed by atoms with Gasteiger partial charge in [0, 0.05) is 6.20 Å². The van der Waals surface area contributed by atoms with E-state index in [9.17, 15) is 22.8 Å². The summed E-state index contributed by atoms with van der Waals surface area (Å²) in [5, 5.41) is 10.2. The number of rotatable bonds is 4. The van der Waals surface area contributed by atoms with Crippen LogP contribution in [0.3, 0.4) is 0 Å². The van der Waals surface area contributed by atoms with E-state index in [1.165, 1.54) is 0 Å². The zero-order chi connectivity index (χ0) is 13.1. The highest BCUT2D eigenvalue weighted by molar-refractivity contribution is 5.85. The van der Waals surface area contributed by atoms with Crippen LogP contribution in [0, 0.1) is 0 Å². The van der Waals surface area contributed by atoms with E-state index in [0.717, 1.165) is 17.1 Å². The summed E-state index contributed by atoms with van der Waals surface area (Å²) < 4.78 is 36.3. The number of carbonyl (C=O) groups excluding carboxylic acids is 1. The highest BCUT2D eigenvalue weighted by Gasteiger charge is 2.27. The number of carboxylic acids is 1. The van der Waals surface area contributed by atoms with Gasteiger partial charge in [-0.2, -0.15) is 13.2 Å². The quantitative estimate of drug-likeness (QED) is 0.803. The van der Waals surface area contributed by atoms with Crippen LogP contribution in [0.5, 0.6) is 0 Å². The van der Waals surface area contributed by atoms with Gasteiger partial charge in [0.2, 0.25) is 5.91 Å². The van der Waals surface area contributed by atoms with Gasteiger partial charge in [0.15, 0.2) is 5.69 Å². The molecule has 94 valence electrons. The van der Waals surface area contributed by atoms with Crippen LogP contribution < -0.4 is 5.32 Å². The van der Waals surface area contributed by atoms with E-state index in [4.69, 9.17) is 5.11 Å². The van der Waals surface area contributed by atoms with Crippen LogP contribution in [-0.2, 0) is 11.3 Å². The van der Waals surface area contributed by atoms with Crippen LogP contribution in [-0.4, -0.2) is 39.3 Å². The number of carboxylic acid groups (broad SMARTS) is 1. The summed E-state index contributed by atoms with van der Waals surface area (Å²) >= 11 is 0. The first-order valence-corrected chi connectivity index (χ1v) is 4.36. The molecule has 0 aliphatic heterocycles. The number of alkyl halides is 3. The molecule has 0 saturated heterocycles. The van der Waals surface area contributed by atoms with Crippen molar-refractivity contribution in [3.63, 3.8) is 0 Å². The third-order valence-electron chi connectivity index (χ3n) is 1.66. The predicted molar refractivity (Wildman–Crippen MR) is 48.3 cm³/mol. The van der Waals surface area contributed by atoms with E-state index in [0.29, 0.717) is 0 Å². The molecule has 0 aromatic carbocycles. The SMILES string of the molecule is O=C(Cn1cnc(C(=O)O)c1)NCC(F)(F)F. The lowest BCUT2D eigenvalue weighted by atomic mass is 10.5. The van der Waals surface area contributed by atoms with Crippen LogP contribution in [0.25, 0.3) is 0 Å². The van der Waals surface area contributed by atoms with Crippen molar-refractivity contribution < 1.29 is 27.9 Å². The lowest BCUT2D eigenvalue weighted by molar-refractivity contribution is -0.138. The van der Waals surface area contributed by atoms with Gasteiger partial charge in [0.05, 0.1) is 6.33 Å². The molecule has 17 heavy (non-hydrogen) atoms. The molecule has 0 bridgehead atoms. The van der Waals surface area contributed by atoms with Crippen molar-refractivity contribution in [1.29, 1.82) is 0 Å². The van der Waals surface area contributed by atoms with E-state index in [-0.39, 0.29) is 5.69 Å². The van der Waals surface area contributed by atoms with E-state index >= 15 is 0 Å². The molecule has 2 N–H and O–H groups in total. The molecule has 6 nitrogen and oxygen atoms in total. The normalized spacial score (nSPS) is 11.2. The summed E-state index contributed by atoms with van der Waals surface area (Å²) in [4.78, 5) is 24.9. The Morgan fingerprint density at radius 3 is 2.59 bits per heavy atom. The molecule has 0 aliphatic carbocycles. The van der Waals surface area contributed by atoms with Gasteiger partial charge in [-0.25, -0.2) is 9.78 Å². The molecule has 0 atom stereocenters. The topological polar surface area (TPSA) is 84.2 Å². The zero-order valence-electron chi connectivity index (χ0n) is 8.36. The Hall–Kier alpha value is -2.06. The van der Waals surface area contributed by atoms with Crippen LogP contribution in [0.2, 0.25) is 0 Å². The lowest BCUT2D eigenvalue weighted by Gasteiger charge is -2.08. The summed E-state index contributed by atoms with van der Waals surface area (Å²) in [6.07, 6.45) is -2.37. The van der Waals surface area contributed by atoms with E-state index < -0.39 is 31.1 Å². The first-order valence-electron chi connectivity index (χ1n) is 4.36. The highest BCUT2D eigenvalue weighted by Crippen LogP contribution is 2.12. The van der Waals surface area contributed by atoms with E-state index in [1.54, 1.807) is 5.32 Å². The van der Waals surface area contributed by atoms with Crippen LogP contribution in [0.1, 0.15) is 10.5 Å². The fourth-order valence-corrected chi connectivity index (χ4v) is 0.978. The number of nitrogens with zero attached hydrogens (tertiary/aromatic N) is 2. The summed E-state index contributed by atoms with van der Waals surface area (Å²) in [6, 6.07) is 0. The minimum absolute atomic E-state index is 0.284. The molecule has 9 heteroatoms. The Balaban J connectivity index is 2.48. The van der Waals surface area contributed by atoms with Crippen molar-refractivity contribution in [2.24, 2.45) is 0 Å². The van der Waals surface area contributed by atoms with Crippen LogP contribution >= 0.6 is 0 Å². The van der Waals surface area contributed by atoms with Gasteiger partial charge in [0.25, 0.3) is 0 Å². The standard InChI is InChI=1S/C8H8F3N3O3/c9-8(10,11)3-12-6(15)2-14-1-5(7(16)17)13-4-14/h1,4H,2-3H2,(H,12,15)(H,16,17). The van der Waals surface area contributed by atoms with Gasteiger partial charge in [-0.15, -0.1) is 0 Å². The van der Waals surface area contributed by atoms with Gasteiger partial charge in [-0.1, -0.05) is 0 Å². The Labute approximate surface area is 93.1 Å². The van der Waals surface area contributed by atoms with E-state index in [1.807, 2.05) is 0 Å². The molecule has 0 spiro atoms. The number of carbonyl (C=O) groups is 2. The average molecular weight is 251 g/mol. The zero-order valence-corrected chi connectivity index (χ0v) is 8.36. The highest BCUT2D eigenvalue weighted by atomic mass is 19.4. The number of halogens is 3. The predicted octanol–water partition coefficient (Wildman–Crippen LogP) is 0.260. The second-order valence-corrected chi connectivity index (χ2v) is 3.13. The largest absolute Gasteiger partial charge is 0.476 e. The third-order valence-corrected chi connectivity index (χ3v) is 1.66. The smallest absolute Gasteiger partial charge is 0.405 e. The third kappa shape index (κ3) is 4.53. The van der Waals surface area contributed by atoms with Gasteiger partial charge in [-0.05, 0) is 0 Å². The maximum atomic E-state index is 11.8. The minimum Gasteiger partial charge on any atom is -0.476 e. The Bertz CT molecular complexity index is 427. The number of imidazole rings is 1. The number of hydrogen-bond acceptors (Lipinski definition) is 3. The molecule has 1 amide bonds. The fraction of sp³-hybridized carbons (Fsp3) is 0.375. The average Bonchev–Trinajstić information content (AvgIpc) is 2.62. The molecule has 0 aliphatic rings. The number of amides is 1. The van der Waals surface area contributed by atoms with Crippen molar-refractivity contribution in [2.45, 2.75) is 12.7 Å². The molecule has 0 radical (unpaired) electrons. The van der Waals surface area contributed by atoms with Crippen molar-refractivity contribution >= 4 is 11.9 Å². The molecule has 0 fully saturated rings. The summed E-state index contributed by atoms with van der Waals surface area (Å²) in [7, 11) is 0. The number of aromatic nitrogens is 2. The molecule has 0 unspecified atom stereocenters. The Morgan fingerprint density at radius 1 is 1.47 bits per heavy atom. The van der Waals surface area contributed by atoms with E-state index in [2.05, 4.69) is 4.98 Å². The van der Waals surface area contributed by atoms with Crippen molar-refractivity contribution in [1.82, 2.24) is 14.9 Å². The monoisotopic (exact) mass is 251 g/mol. The Kier molecular flexibility index (Phi) is 3.71. The van der Waals surface area contributed by atoms with Crippen molar-refractivity contribution in [2.75, 3.05) is 6.54 Å². The fourth-order valence-electron chi connectivity index (χ4n) is 0.978. The maximum Gasteiger partial charge on any atom is 0.405 e. The molecule has 1 aromatic heterocycles. The molecular formula is C8H8F3N3O3. The molecule has 0 saturated carbocycles. The minimum atomic E-state index is -4.48. The van der Waals surface area contributed by atoms with Gasteiger partial charge in [-0.3, -0.25) is 4.79 Å². The van der Waals surface area contributed by atoms with Gasteiger partial charge < -0.3 is 15.0 Å². The van der Waals surface area contributed by atoms with Crippen molar-refractivity contribution in [3.8, 4) is 0 Å². The van der Waals surface area contributed by atoms with Crippen LogP contribution in [0.15, 0.2) is 12.5 Å². The Morgan fingerprint density at radius 2 is 2.12 bits per heavy atom. The second-order valence-electron chi connectivity index (χ2n) is 3.13. The first-order chi connectivity index (χ1) is 7.78. The maximum absolute atomic E-state index is 11.8. The number of nitrogens with one attached hydrogen (secondary N) is 1. The second kappa shape index (κ2) is 4.85. The van der Waals surface area contributed by atoms with Gasteiger partial charge >= 0.3 is 12.1 Å². The molecular weight excluding hydrogens is 243 g/mol. The number of hydrogen-bond donors (Lipinski definition) is 2. The number of aromatic carboxylic acids is 1. The molecule has 1 aromatic rings. The molecule has 1 rings (SSSR count). The van der Waals surface area contributed by atoms with Crippen LogP contribution in [0.4, 0.5) is 13.2 Å². The summed E-state index contributed by atoms with van der Waals surface area (Å²) in [5.74, 6) is -2.16. The lowest BCUT2D eigenvalue weighted by Crippen LogP contribution is -2.35. The summed E-state index contributed by atoms with van der Waals surface area (Å²) in [6.45, 7) is -1.84.